The Hall–Kier alpha value is -1.00. The summed E-state index contributed by atoms with van der Waals surface area (Å²) >= 11 is 0. The van der Waals surface area contributed by atoms with Crippen LogP contribution >= 0.6 is 0 Å². The average Bonchev–Trinajstić information content (AvgIpc) is 2.53. The predicted octanol–water partition coefficient (Wildman–Crippen LogP) is 2.97. The molecular weight excluding hydrogens is 193 g/mol. The summed E-state index contributed by atoms with van der Waals surface area (Å²) in [4.78, 5) is 0. The molecule has 0 N–H and O–H groups in total. The highest BCUT2D eigenvalue weighted by molar-refractivity contribution is 5.20. The Kier molecular flexibility index (Phi) is 1.87. The molecule has 0 amide bonds. The SMILES string of the molecule is C[C@@H]1C[C@H](C)n2nc(C(F)(F)F)cc21. The summed E-state index contributed by atoms with van der Waals surface area (Å²) in [7, 11) is 0. The lowest BCUT2D eigenvalue weighted by Crippen LogP contribution is -2.09. The van der Waals surface area contributed by atoms with Gasteiger partial charge in [-0.15, -0.1) is 0 Å². The Labute approximate surface area is 79.7 Å². The zero-order chi connectivity index (χ0) is 10.5. The number of hydrogen-bond donors (Lipinski definition) is 0. The quantitative estimate of drug-likeness (QED) is 0.635. The number of aromatic nitrogens is 2. The third-order valence-electron chi connectivity index (χ3n) is 2.67. The Morgan fingerprint density at radius 1 is 1.43 bits per heavy atom. The highest BCUT2D eigenvalue weighted by Crippen LogP contribution is 2.38. The molecule has 0 saturated heterocycles. The van der Waals surface area contributed by atoms with Gasteiger partial charge in [-0.25, -0.2) is 0 Å². The number of alkyl halides is 3. The Morgan fingerprint density at radius 2 is 2.07 bits per heavy atom. The van der Waals surface area contributed by atoms with Gasteiger partial charge in [-0.2, -0.15) is 18.3 Å². The van der Waals surface area contributed by atoms with Crippen molar-refractivity contribution in [2.75, 3.05) is 0 Å². The van der Waals surface area contributed by atoms with Crippen LogP contribution in [0.1, 0.15) is 43.6 Å². The Morgan fingerprint density at radius 3 is 2.57 bits per heavy atom. The van der Waals surface area contributed by atoms with Gasteiger partial charge >= 0.3 is 6.18 Å². The molecule has 0 saturated carbocycles. The van der Waals surface area contributed by atoms with Crippen molar-refractivity contribution >= 4 is 0 Å². The van der Waals surface area contributed by atoms with Crippen LogP contribution in [-0.4, -0.2) is 9.78 Å². The molecule has 2 rings (SSSR count). The molecule has 0 aromatic carbocycles. The summed E-state index contributed by atoms with van der Waals surface area (Å²) in [5, 5.41) is 3.59. The van der Waals surface area contributed by atoms with Gasteiger partial charge in [-0.1, -0.05) is 6.92 Å². The van der Waals surface area contributed by atoms with Crippen LogP contribution in [-0.2, 0) is 6.18 Å². The van der Waals surface area contributed by atoms with Crippen molar-refractivity contribution in [3.8, 4) is 0 Å². The number of rotatable bonds is 0. The average molecular weight is 204 g/mol. The van der Waals surface area contributed by atoms with E-state index in [-0.39, 0.29) is 12.0 Å². The summed E-state index contributed by atoms with van der Waals surface area (Å²) in [5.74, 6) is 0.175. The number of fused-ring (bicyclic) bond motifs is 1. The Bertz CT molecular complexity index is 328. The van der Waals surface area contributed by atoms with Crippen LogP contribution < -0.4 is 0 Å². The molecule has 5 heteroatoms. The van der Waals surface area contributed by atoms with Crippen LogP contribution in [0.3, 0.4) is 0 Å². The highest BCUT2D eigenvalue weighted by atomic mass is 19.4. The van der Waals surface area contributed by atoms with E-state index < -0.39 is 11.9 Å². The maximum absolute atomic E-state index is 12.3. The molecule has 2 nitrogen and oxygen atoms in total. The summed E-state index contributed by atoms with van der Waals surface area (Å²) in [5.41, 5.74) is -0.0734. The van der Waals surface area contributed by atoms with E-state index in [0.29, 0.717) is 5.69 Å². The standard InChI is InChI=1S/C9H11F3N2/c1-5-3-6(2)14-7(5)4-8(13-14)9(10,11)12/h4-6H,3H2,1-2H3/t5-,6+/m1/s1. The van der Waals surface area contributed by atoms with Gasteiger partial charge < -0.3 is 0 Å². The first-order chi connectivity index (χ1) is 6.39. The molecule has 1 aliphatic rings. The first-order valence-corrected chi connectivity index (χ1v) is 4.56. The fraction of sp³-hybridized carbons (Fsp3) is 0.667. The van der Waals surface area contributed by atoms with E-state index in [4.69, 9.17) is 0 Å². The minimum Gasteiger partial charge on any atom is -0.266 e. The van der Waals surface area contributed by atoms with Gasteiger partial charge in [0.15, 0.2) is 5.69 Å². The summed E-state index contributed by atoms with van der Waals surface area (Å²) in [6.07, 6.45) is -3.45. The minimum atomic E-state index is -4.32. The van der Waals surface area contributed by atoms with Crippen LogP contribution in [0.4, 0.5) is 13.2 Å². The fourth-order valence-electron chi connectivity index (χ4n) is 2.00. The maximum Gasteiger partial charge on any atom is 0.435 e. The topological polar surface area (TPSA) is 17.8 Å². The predicted molar refractivity (Wildman–Crippen MR) is 45.0 cm³/mol. The Balaban J connectivity index is 2.44. The number of nitrogens with zero attached hydrogens (tertiary/aromatic N) is 2. The van der Waals surface area contributed by atoms with Crippen LogP contribution in [0.5, 0.6) is 0 Å². The molecule has 0 spiro atoms. The van der Waals surface area contributed by atoms with E-state index in [9.17, 15) is 13.2 Å². The van der Waals surface area contributed by atoms with Gasteiger partial charge in [0.05, 0.1) is 6.04 Å². The van der Waals surface area contributed by atoms with Crippen molar-refractivity contribution in [2.24, 2.45) is 0 Å². The van der Waals surface area contributed by atoms with Crippen LogP contribution in [0.2, 0.25) is 0 Å². The molecule has 0 radical (unpaired) electrons. The zero-order valence-electron chi connectivity index (χ0n) is 7.97. The van der Waals surface area contributed by atoms with Crippen molar-refractivity contribution in [3.05, 3.63) is 17.5 Å². The third kappa shape index (κ3) is 1.31. The monoisotopic (exact) mass is 204 g/mol. The molecule has 14 heavy (non-hydrogen) atoms. The summed E-state index contributed by atoms with van der Waals surface area (Å²) < 4.78 is 38.5. The summed E-state index contributed by atoms with van der Waals surface area (Å²) in [6.45, 7) is 3.82. The van der Waals surface area contributed by atoms with Gasteiger partial charge in [0.25, 0.3) is 0 Å². The first kappa shape index (κ1) is 9.55. The van der Waals surface area contributed by atoms with E-state index in [1.54, 1.807) is 0 Å². The lowest BCUT2D eigenvalue weighted by atomic mass is 10.0. The lowest BCUT2D eigenvalue weighted by Gasteiger charge is -2.05. The van der Waals surface area contributed by atoms with E-state index in [0.717, 1.165) is 12.5 Å². The fourth-order valence-corrected chi connectivity index (χ4v) is 2.00. The van der Waals surface area contributed by atoms with Crippen molar-refractivity contribution in [2.45, 2.75) is 38.4 Å². The first-order valence-electron chi connectivity index (χ1n) is 4.56. The van der Waals surface area contributed by atoms with Crippen molar-refractivity contribution in [3.63, 3.8) is 0 Å². The van der Waals surface area contributed by atoms with Crippen molar-refractivity contribution in [1.29, 1.82) is 0 Å². The molecule has 2 heterocycles. The molecule has 1 aromatic rings. The maximum atomic E-state index is 12.3. The highest BCUT2D eigenvalue weighted by Gasteiger charge is 2.38. The summed E-state index contributed by atoms with van der Waals surface area (Å²) in [6, 6.07) is 1.24. The second-order valence-corrected chi connectivity index (χ2v) is 3.88. The van der Waals surface area contributed by atoms with Crippen molar-refractivity contribution in [1.82, 2.24) is 9.78 Å². The van der Waals surface area contributed by atoms with Crippen molar-refractivity contribution < 1.29 is 13.2 Å². The van der Waals surface area contributed by atoms with Crippen LogP contribution in [0, 0.1) is 0 Å². The minimum absolute atomic E-state index is 0.0797. The smallest absolute Gasteiger partial charge is 0.266 e. The normalized spacial score (nSPS) is 26.6. The van der Waals surface area contributed by atoms with E-state index in [1.165, 1.54) is 4.68 Å². The molecule has 0 fully saturated rings. The second-order valence-electron chi connectivity index (χ2n) is 3.88. The third-order valence-corrected chi connectivity index (χ3v) is 2.67. The molecule has 0 unspecified atom stereocenters. The molecular formula is C9H11F3N2. The molecule has 0 aliphatic carbocycles. The molecule has 1 aromatic heterocycles. The molecule has 78 valence electrons. The lowest BCUT2D eigenvalue weighted by molar-refractivity contribution is -0.141. The van der Waals surface area contributed by atoms with Crippen LogP contribution in [0.25, 0.3) is 0 Å². The van der Waals surface area contributed by atoms with Gasteiger partial charge in [-0.05, 0) is 19.4 Å². The van der Waals surface area contributed by atoms with Crippen LogP contribution in [0.15, 0.2) is 6.07 Å². The van der Waals surface area contributed by atoms with Gasteiger partial charge in [-0.3, -0.25) is 4.68 Å². The van der Waals surface area contributed by atoms with Gasteiger partial charge in [0.2, 0.25) is 0 Å². The molecule has 2 atom stereocenters. The molecule has 1 aliphatic heterocycles. The zero-order valence-corrected chi connectivity index (χ0v) is 7.97. The van der Waals surface area contributed by atoms with Gasteiger partial charge in [0, 0.05) is 11.6 Å². The van der Waals surface area contributed by atoms with E-state index in [2.05, 4.69) is 5.10 Å². The van der Waals surface area contributed by atoms with E-state index >= 15 is 0 Å². The molecule has 0 bridgehead atoms. The van der Waals surface area contributed by atoms with E-state index in [1.807, 2.05) is 13.8 Å². The largest absolute Gasteiger partial charge is 0.435 e. The second kappa shape index (κ2) is 2.74. The van der Waals surface area contributed by atoms with Gasteiger partial charge in [0.1, 0.15) is 0 Å². The number of halogens is 3. The number of hydrogen-bond acceptors (Lipinski definition) is 1.